The van der Waals surface area contributed by atoms with Gasteiger partial charge in [-0.2, -0.15) is 0 Å². The molecule has 0 aliphatic carbocycles. The summed E-state index contributed by atoms with van der Waals surface area (Å²) in [4.78, 5) is 30.3. The quantitative estimate of drug-likeness (QED) is 0.657. The Morgan fingerprint density at radius 1 is 1.12 bits per heavy atom. The number of aliphatic imine (C=N–C) groups is 1. The number of ether oxygens (including phenoxy) is 1. The molecule has 1 fully saturated rings. The minimum absolute atomic E-state index is 0.0277. The van der Waals surface area contributed by atoms with Crippen molar-refractivity contribution in [3.63, 3.8) is 0 Å². The lowest BCUT2D eigenvalue weighted by atomic mass is 9.85. The number of nitrogens with one attached hydrogen (secondary N) is 1. The van der Waals surface area contributed by atoms with Gasteiger partial charge in [0.05, 0.1) is 36.3 Å². The molecule has 0 radical (unpaired) electrons. The highest BCUT2D eigenvalue weighted by molar-refractivity contribution is 7.91. The number of nitrogens with zero attached hydrogens (tertiary/aromatic N) is 1. The zero-order valence-corrected chi connectivity index (χ0v) is 19.9. The largest absolute Gasteiger partial charge is 0.497 e. The maximum atomic E-state index is 13.0. The SMILES string of the molecule is COc1ccc2c(c1)C(CC(=O)c1ccc(C(=O)NC3CCS(=O)(=O)C3)cc1)=NC(C)(C)C2. The number of carbonyl (C=O) groups excluding carboxylic acids is 2. The molecule has 174 valence electrons. The number of fused-ring (bicyclic) bond motifs is 1. The van der Waals surface area contributed by atoms with Crippen molar-refractivity contribution in [3.8, 4) is 5.75 Å². The number of sulfone groups is 1. The van der Waals surface area contributed by atoms with Crippen LogP contribution in [0.4, 0.5) is 0 Å². The van der Waals surface area contributed by atoms with E-state index in [4.69, 9.17) is 9.73 Å². The summed E-state index contributed by atoms with van der Waals surface area (Å²) >= 11 is 0. The second-order valence-corrected chi connectivity index (χ2v) is 11.6. The minimum atomic E-state index is -3.07. The molecule has 2 aliphatic rings. The van der Waals surface area contributed by atoms with Crippen LogP contribution in [0.5, 0.6) is 5.75 Å². The molecule has 33 heavy (non-hydrogen) atoms. The molecule has 0 saturated carbocycles. The van der Waals surface area contributed by atoms with Crippen LogP contribution >= 0.6 is 0 Å². The summed E-state index contributed by atoms with van der Waals surface area (Å²) < 4.78 is 28.5. The van der Waals surface area contributed by atoms with E-state index >= 15 is 0 Å². The Kier molecular flexibility index (Phi) is 6.14. The normalized spacial score (nSPS) is 20.5. The number of methoxy groups -OCH3 is 1. The maximum Gasteiger partial charge on any atom is 0.251 e. The molecule has 1 N–H and O–H groups in total. The lowest BCUT2D eigenvalue weighted by molar-refractivity contribution is 0.0939. The van der Waals surface area contributed by atoms with Crippen molar-refractivity contribution in [2.24, 2.45) is 4.99 Å². The predicted molar refractivity (Wildman–Crippen MR) is 127 cm³/mol. The summed E-state index contributed by atoms with van der Waals surface area (Å²) in [5.41, 5.74) is 3.39. The van der Waals surface area contributed by atoms with Gasteiger partial charge in [-0.25, -0.2) is 8.42 Å². The summed E-state index contributed by atoms with van der Waals surface area (Å²) in [5.74, 6) is 0.366. The van der Waals surface area contributed by atoms with Crippen LogP contribution in [0, 0.1) is 0 Å². The van der Waals surface area contributed by atoms with Crippen molar-refractivity contribution in [2.75, 3.05) is 18.6 Å². The van der Waals surface area contributed by atoms with Crippen molar-refractivity contribution in [3.05, 3.63) is 64.7 Å². The first kappa shape index (κ1) is 23.2. The van der Waals surface area contributed by atoms with Crippen LogP contribution in [0.15, 0.2) is 47.5 Å². The van der Waals surface area contributed by atoms with E-state index in [1.54, 1.807) is 31.4 Å². The Balaban J connectivity index is 1.48. The monoisotopic (exact) mass is 468 g/mol. The fourth-order valence-corrected chi connectivity index (χ4v) is 6.08. The Morgan fingerprint density at radius 3 is 2.45 bits per heavy atom. The number of Topliss-reactive ketones (excluding diaryl/α,β-unsaturated/α-hetero) is 1. The molecular formula is C25H28N2O5S. The van der Waals surface area contributed by atoms with Crippen molar-refractivity contribution < 1.29 is 22.7 Å². The molecule has 2 aromatic carbocycles. The highest BCUT2D eigenvalue weighted by Gasteiger charge is 2.30. The van der Waals surface area contributed by atoms with Crippen molar-refractivity contribution in [2.45, 2.75) is 44.7 Å². The van der Waals surface area contributed by atoms with E-state index in [0.29, 0.717) is 17.5 Å². The number of amides is 1. The van der Waals surface area contributed by atoms with Gasteiger partial charge in [-0.15, -0.1) is 0 Å². The Morgan fingerprint density at radius 2 is 1.82 bits per heavy atom. The number of rotatable bonds is 6. The van der Waals surface area contributed by atoms with Gasteiger partial charge < -0.3 is 10.1 Å². The molecule has 1 atom stereocenters. The minimum Gasteiger partial charge on any atom is -0.497 e. The zero-order valence-electron chi connectivity index (χ0n) is 19.1. The molecule has 1 amide bonds. The van der Waals surface area contributed by atoms with Gasteiger partial charge in [0.25, 0.3) is 5.91 Å². The average Bonchev–Trinajstić information content (AvgIpc) is 3.10. The summed E-state index contributed by atoms with van der Waals surface area (Å²) in [6.45, 7) is 4.10. The fourth-order valence-electron chi connectivity index (χ4n) is 4.41. The van der Waals surface area contributed by atoms with E-state index in [-0.39, 0.29) is 41.2 Å². The maximum absolute atomic E-state index is 13.0. The molecule has 1 saturated heterocycles. The van der Waals surface area contributed by atoms with Crippen LogP contribution in [-0.2, 0) is 16.3 Å². The van der Waals surface area contributed by atoms with E-state index in [2.05, 4.69) is 5.32 Å². The third kappa shape index (κ3) is 5.33. The topological polar surface area (TPSA) is 102 Å². The van der Waals surface area contributed by atoms with Gasteiger partial charge in [-0.1, -0.05) is 18.2 Å². The van der Waals surface area contributed by atoms with E-state index in [1.807, 2.05) is 32.0 Å². The first-order valence-electron chi connectivity index (χ1n) is 11.0. The number of benzene rings is 2. The van der Waals surface area contributed by atoms with Crippen molar-refractivity contribution >= 4 is 27.2 Å². The van der Waals surface area contributed by atoms with E-state index in [0.717, 1.165) is 29.0 Å². The van der Waals surface area contributed by atoms with Gasteiger partial charge in [0.15, 0.2) is 15.6 Å². The molecule has 2 aromatic rings. The standard InChI is InChI=1S/C25H28N2O5S/c1-25(2)14-18-8-9-20(32-3)12-21(18)22(27-25)13-23(28)16-4-6-17(7-5-16)24(29)26-19-10-11-33(30,31)15-19/h4-9,12,19H,10-11,13-15H2,1-3H3,(H,26,29). The van der Waals surface area contributed by atoms with E-state index in [1.165, 1.54) is 0 Å². The lowest BCUT2D eigenvalue weighted by Crippen LogP contribution is -2.35. The average molecular weight is 469 g/mol. The van der Waals surface area contributed by atoms with Gasteiger partial charge in [-0.3, -0.25) is 14.6 Å². The van der Waals surface area contributed by atoms with Crippen molar-refractivity contribution in [1.29, 1.82) is 0 Å². The summed E-state index contributed by atoms with van der Waals surface area (Å²) in [6, 6.07) is 11.9. The van der Waals surface area contributed by atoms with Crippen LogP contribution in [-0.4, -0.2) is 56.0 Å². The Labute approximate surface area is 194 Å². The number of hydrogen-bond donors (Lipinski definition) is 1. The molecule has 0 bridgehead atoms. The Bertz CT molecular complexity index is 1230. The molecule has 0 spiro atoms. The van der Waals surface area contributed by atoms with E-state index < -0.39 is 9.84 Å². The van der Waals surface area contributed by atoms with Crippen LogP contribution in [0.3, 0.4) is 0 Å². The number of ketones is 1. The Hall–Kier alpha value is -3.00. The number of carbonyl (C=O) groups is 2. The van der Waals surface area contributed by atoms with Gasteiger partial charge in [0, 0.05) is 22.7 Å². The third-order valence-corrected chi connectivity index (χ3v) is 7.82. The van der Waals surface area contributed by atoms with Crippen LogP contribution in [0.25, 0.3) is 0 Å². The molecule has 0 aromatic heterocycles. The highest BCUT2D eigenvalue weighted by Crippen LogP contribution is 2.31. The van der Waals surface area contributed by atoms with Gasteiger partial charge in [-0.05, 0) is 56.5 Å². The predicted octanol–water partition coefficient (Wildman–Crippen LogP) is 3.01. The molecule has 1 unspecified atom stereocenters. The molecule has 4 rings (SSSR count). The molecular weight excluding hydrogens is 440 g/mol. The highest BCUT2D eigenvalue weighted by atomic mass is 32.2. The molecule has 7 nitrogen and oxygen atoms in total. The summed E-state index contributed by atoms with van der Waals surface area (Å²) in [6.07, 6.45) is 1.36. The third-order valence-electron chi connectivity index (χ3n) is 6.05. The van der Waals surface area contributed by atoms with Crippen LogP contribution < -0.4 is 10.1 Å². The zero-order chi connectivity index (χ0) is 23.8. The van der Waals surface area contributed by atoms with Gasteiger partial charge in [0.1, 0.15) is 5.75 Å². The van der Waals surface area contributed by atoms with Gasteiger partial charge in [0.2, 0.25) is 0 Å². The van der Waals surface area contributed by atoms with Gasteiger partial charge >= 0.3 is 0 Å². The lowest BCUT2D eigenvalue weighted by Gasteiger charge is -2.29. The molecule has 8 heteroatoms. The van der Waals surface area contributed by atoms with Crippen LogP contribution in [0.1, 0.15) is 58.5 Å². The first-order chi connectivity index (χ1) is 15.5. The number of hydrogen-bond acceptors (Lipinski definition) is 6. The smallest absolute Gasteiger partial charge is 0.251 e. The van der Waals surface area contributed by atoms with Crippen molar-refractivity contribution in [1.82, 2.24) is 5.32 Å². The van der Waals surface area contributed by atoms with Crippen LogP contribution in [0.2, 0.25) is 0 Å². The van der Waals surface area contributed by atoms with E-state index in [9.17, 15) is 18.0 Å². The first-order valence-corrected chi connectivity index (χ1v) is 12.8. The fraction of sp³-hybridized carbons (Fsp3) is 0.400. The second kappa shape index (κ2) is 8.74. The molecule has 2 heterocycles. The molecule has 2 aliphatic heterocycles. The summed E-state index contributed by atoms with van der Waals surface area (Å²) in [7, 11) is -1.46. The second-order valence-electron chi connectivity index (χ2n) is 9.32. The summed E-state index contributed by atoms with van der Waals surface area (Å²) in [5, 5.41) is 2.76.